The van der Waals surface area contributed by atoms with Gasteiger partial charge in [-0.05, 0) is 30.5 Å². The summed E-state index contributed by atoms with van der Waals surface area (Å²) in [6.45, 7) is 5.70. The molecule has 0 aliphatic rings. The average Bonchev–Trinajstić information content (AvgIpc) is 3.06. The van der Waals surface area contributed by atoms with Gasteiger partial charge in [0.25, 0.3) is 5.91 Å². The maximum atomic E-state index is 12.6. The van der Waals surface area contributed by atoms with Gasteiger partial charge < -0.3 is 10.1 Å². The molecule has 1 N–H and O–H groups in total. The van der Waals surface area contributed by atoms with Crippen molar-refractivity contribution >= 4 is 17.2 Å². The summed E-state index contributed by atoms with van der Waals surface area (Å²) in [6.07, 6.45) is 0.751. The van der Waals surface area contributed by atoms with E-state index in [1.54, 1.807) is 0 Å². The zero-order chi connectivity index (χ0) is 19.1. The van der Waals surface area contributed by atoms with Gasteiger partial charge in [-0.2, -0.15) is 0 Å². The SMILES string of the molecule is CCOCc1ccc(CNC(=O)c2sc(Cc3ccccc3)nc2C)cc1. The number of carbonyl (C=O) groups excluding carboxylic acids is 1. The number of nitrogens with zero attached hydrogens (tertiary/aromatic N) is 1. The molecule has 0 bridgehead atoms. The second kappa shape index (κ2) is 9.44. The number of hydrogen-bond acceptors (Lipinski definition) is 4. The van der Waals surface area contributed by atoms with Gasteiger partial charge >= 0.3 is 0 Å². The third-order valence-corrected chi connectivity index (χ3v) is 5.35. The van der Waals surface area contributed by atoms with E-state index < -0.39 is 0 Å². The Kier molecular flexibility index (Phi) is 6.74. The summed E-state index contributed by atoms with van der Waals surface area (Å²) in [7, 11) is 0. The fourth-order valence-electron chi connectivity index (χ4n) is 2.74. The molecule has 3 aromatic rings. The zero-order valence-corrected chi connectivity index (χ0v) is 16.5. The first kappa shape index (κ1) is 19.3. The minimum atomic E-state index is -0.0669. The topological polar surface area (TPSA) is 51.2 Å². The highest BCUT2D eigenvalue weighted by atomic mass is 32.1. The van der Waals surface area contributed by atoms with Crippen LogP contribution in [0.4, 0.5) is 0 Å². The van der Waals surface area contributed by atoms with Crippen molar-refractivity contribution in [3.05, 3.63) is 86.9 Å². The zero-order valence-electron chi connectivity index (χ0n) is 15.7. The molecule has 0 unspecified atom stereocenters. The highest BCUT2D eigenvalue weighted by molar-refractivity contribution is 7.13. The predicted octanol–water partition coefficient (Wildman–Crippen LogP) is 4.51. The number of aryl methyl sites for hydroxylation is 1. The van der Waals surface area contributed by atoms with Crippen LogP contribution < -0.4 is 5.32 Å². The average molecular weight is 381 g/mol. The van der Waals surface area contributed by atoms with Gasteiger partial charge in [-0.1, -0.05) is 54.6 Å². The molecule has 1 aromatic heterocycles. The summed E-state index contributed by atoms with van der Waals surface area (Å²) in [5, 5.41) is 3.96. The Morgan fingerprint density at radius 2 is 1.74 bits per heavy atom. The Balaban J connectivity index is 1.58. The van der Waals surface area contributed by atoms with Crippen molar-refractivity contribution in [1.29, 1.82) is 0 Å². The molecule has 5 heteroatoms. The smallest absolute Gasteiger partial charge is 0.263 e. The van der Waals surface area contributed by atoms with Crippen molar-refractivity contribution in [2.75, 3.05) is 6.61 Å². The molecule has 2 aromatic carbocycles. The summed E-state index contributed by atoms with van der Waals surface area (Å²) in [4.78, 5) is 17.8. The van der Waals surface area contributed by atoms with Crippen molar-refractivity contribution in [2.45, 2.75) is 33.4 Å². The summed E-state index contributed by atoms with van der Waals surface area (Å²) >= 11 is 1.47. The first-order valence-electron chi connectivity index (χ1n) is 9.09. The largest absolute Gasteiger partial charge is 0.377 e. The summed E-state index contributed by atoms with van der Waals surface area (Å²) in [5.74, 6) is -0.0669. The number of aromatic nitrogens is 1. The molecule has 0 radical (unpaired) electrons. The van der Waals surface area contributed by atoms with Crippen LogP contribution in [-0.4, -0.2) is 17.5 Å². The summed E-state index contributed by atoms with van der Waals surface area (Å²) < 4.78 is 5.40. The molecule has 0 spiro atoms. The van der Waals surface area contributed by atoms with E-state index in [0.29, 0.717) is 24.6 Å². The first-order valence-corrected chi connectivity index (χ1v) is 9.91. The molecular weight excluding hydrogens is 356 g/mol. The quantitative estimate of drug-likeness (QED) is 0.626. The Bertz CT molecular complexity index is 873. The van der Waals surface area contributed by atoms with E-state index in [2.05, 4.69) is 22.4 Å². The number of ether oxygens (including phenoxy) is 1. The van der Waals surface area contributed by atoms with Gasteiger partial charge in [0.2, 0.25) is 0 Å². The number of nitrogens with one attached hydrogen (secondary N) is 1. The number of rotatable bonds is 8. The monoisotopic (exact) mass is 380 g/mol. The van der Waals surface area contributed by atoms with Crippen LogP contribution in [-0.2, 0) is 24.3 Å². The Morgan fingerprint density at radius 1 is 1.04 bits per heavy atom. The molecule has 140 valence electrons. The highest BCUT2D eigenvalue weighted by Gasteiger charge is 2.15. The van der Waals surface area contributed by atoms with E-state index in [-0.39, 0.29) is 5.91 Å². The Hall–Kier alpha value is -2.50. The van der Waals surface area contributed by atoms with Crippen molar-refractivity contribution in [3.8, 4) is 0 Å². The third kappa shape index (κ3) is 5.49. The van der Waals surface area contributed by atoms with E-state index in [9.17, 15) is 4.79 Å². The lowest BCUT2D eigenvalue weighted by molar-refractivity contribution is 0.0954. The number of carbonyl (C=O) groups is 1. The summed E-state index contributed by atoms with van der Waals surface area (Å²) in [5.41, 5.74) is 4.19. The van der Waals surface area contributed by atoms with Crippen LogP contribution in [0.15, 0.2) is 54.6 Å². The number of hydrogen-bond donors (Lipinski definition) is 1. The lowest BCUT2D eigenvalue weighted by Crippen LogP contribution is -2.22. The van der Waals surface area contributed by atoms with E-state index in [0.717, 1.165) is 28.2 Å². The molecular formula is C22H24N2O2S. The van der Waals surface area contributed by atoms with Gasteiger partial charge in [-0.15, -0.1) is 11.3 Å². The molecule has 0 aliphatic heterocycles. The molecule has 27 heavy (non-hydrogen) atoms. The number of benzene rings is 2. The molecule has 1 amide bonds. The predicted molar refractivity (Wildman–Crippen MR) is 109 cm³/mol. The molecule has 0 saturated carbocycles. The molecule has 4 nitrogen and oxygen atoms in total. The van der Waals surface area contributed by atoms with Crippen LogP contribution in [0.2, 0.25) is 0 Å². The molecule has 0 saturated heterocycles. The standard InChI is InChI=1S/C22H24N2O2S/c1-3-26-15-19-11-9-18(10-12-19)14-23-22(25)21-16(2)24-20(27-21)13-17-7-5-4-6-8-17/h4-12H,3,13-15H2,1-2H3,(H,23,25). The fourth-order valence-corrected chi connectivity index (χ4v) is 3.76. The minimum Gasteiger partial charge on any atom is -0.377 e. The normalized spacial score (nSPS) is 10.7. The number of amides is 1. The van der Waals surface area contributed by atoms with Gasteiger partial charge in [0.05, 0.1) is 17.3 Å². The second-order valence-electron chi connectivity index (χ2n) is 6.32. The first-order chi connectivity index (χ1) is 13.2. The van der Waals surface area contributed by atoms with Gasteiger partial charge in [0, 0.05) is 19.6 Å². The van der Waals surface area contributed by atoms with Gasteiger partial charge in [-0.3, -0.25) is 4.79 Å². The van der Waals surface area contributed by atoms with Crippen molar-refractivity contribution in [1.82, 2.24) is 10.3 Å². The van der Waals surface area contributed by atoms with Crippen molar-refractivity contribution in [3.63, 3.8) is 0 Å². The van der Waals surface area contributed by atoms with E-state index in [1.165, 1.54) is 16.9 Å². The van der Waals surface area contributed by atoms with Gasteiger partial charge in [0.15, 0.2) is 0 Å². The third-order valence-electron chi connectivity index (χ3n) is 4.19. The number of thiazole rings is 1. The molecule has 1 heterocycles. The Labute approximate surface area is 164 Å². The van der Waals surface area contributed by atoms with Gasteiger partial charge in [0.1, 0.15) is 4.88 Å². The van der Waals surface area contributed by atoms with Crippen LogP contribution in [0.5, 0.6) is 0 Å². The van der Waals surface area contributed by atoms with Crippen LogP contribution in [0.3, 0.4) is 0 Å². The minimum absolute atomic E-state index is 0.0669. The molecule has 0 fully saturated rings. The maximum Gasteiger partial charge on any atom is 0.263 e. The lowest BCUT2D eigenvalue weighted by atomic mass is 10.1. The maximum absolute atomic E-state index is 12.6. The fraction of sp³-hybridized carbons (Fsp3) is 0.273. The Morgan fingerprint density at radius 3 is 2.44 bits per heavy atom. The second-order valence-corrected chi connectivity index (χ2v) is 7.40. The lowest BCUT2D eigenvalue weighted by Gasteiger charge is -2.06. The summed E-state index contributed by atoms with van der Waals surface area (Å²) in [6, 6.07) is 18.3. The van der Waals surface area contributed by atoms with E-state index in [4.69, 9.17) is 4.74 Å². The van der Waals surface area contributed by atoms with Crippen LogP contribution in [0.1, 0.15) is 44.0 Å². The van der Waals surface area contributed by atoms with Crippen molar-refractivity contribution in [2.24, 2.45) is 0 Å². The van der Waals surface area contributed by atoms with Crippen LogP contribution in [0, 0.1) is 6.92 Å². The van der Waals surface area contributed by atoms with Crippen LogP contribution in [0.25, 0.3) is 0 Å². The van der Waals surface area contributed by atoms with E-state index in [1.807, 2.05) is 56.3 Å². The molecule has 0 aliphatic carbocycles. The highest BCUT2D eigenvalue weighted by Crippen LogP contribution is 2.21. The molecule has 0 atom stereocenters. The van der Waals surface area contributed by atoms with Crippen LogP contribution >= 0.6 is 11.3 Å². The molecule has 3 rings (SSSR count). The van der Waals surface area contributed by atoms with E-state index >= 15 is 0 Å². The van der Waals surface area contributed by atoms with Gasteiger partial charge in [-0.25, -0.2) is 4.98 Å². The van der Waals surface area contributed by atoms with Crippen molar-refractivity contribution < 1.29 is 9.53 Å².